The quantitative estimate of drug-likeness (QED) is 0.360. The molecule has 0 spiro atoms. The van der Waals surface area contributed by atoms with Gasteiger partial charge in [0.25, 0.3) is 0 Å². The molecule has 5 rings (SSSR count). The van der Waals surface area contributed by atoms with Crippen LogP contribution in [0, 0.1) is 0 Å². The minimum atomic E-state index is -0.243. The number of halogens is 2. The Bertz CT molecular complexity index is 875. The van der Waals surface area contributed by atoms with E-state index < -0.39 is 0 Å². The van der Waals surface area contributed by atoms with Crippen LogP contribution in [0.5, 0.6) is 0 Å². The van der Waals surface area contributed by atoms with Gasteiger partial charge in [-0.25, -0.2) is 0 Å². The third kappa shape index (κ3) is 1.59. The number of alkyl halides is 2. The first-order valence-electron chi connectivity index (χ1n) is 7.52. The van der Waals surface area contributed by atoms with Crippen molar-refractivity contribution in [2.75, 3.05) is 0 Å². The van der Waals surface area contributed by atoms with Gasteiger partial charge in [-0.3, -0.25) is 0 Å². The lowest BCUT2D eigenvalue weighted by Crippen LogP contribution is -2.52. The van der Waals surface area contributed by atoms with Gasteiger partial charge in [-0.05, 0) is 34.4 Å². The second-order valence-corrected chi connectivity index (χ2v) is 9.42. The Morgan fingerprint density at radius 1 is 0.522 bits per heavy atom. The normalized spacial score (nSPS) is 26.9. The molecule has 0 aromatic heterocycles. The SMILES string of the molecule is BrC12c3ccccc3Sc3ccccc3C1(Br)c1ccccc12. The predicted octanol–water partition coefficient (Wildman–Crippen LogP) is 6.44. The molecule has 0 saturated carbocycles. The first-order valence-corrected chi connectivity index (χ1v) is 9.92. The Kier molecular flexibility index (Phi) is 2.96. The van der Waals surface area contributed by atoms with Gasteiger partial charge in [-0.1, -0.05) is 104 Å². The zero-order valence-electron chi connectivity index (χ0n) is 12.1. The van der Waals surface area contributed by atoms with Crippen LogP contribution in [-0.4, -0.2) is 0 Å². The Balaban J connectivity index is 1.96. The summed E-state index contributed by atoms with van der Waals surface area (Å²) in [7, 11) is 0. The molecular weight excluding hydrogens is 432 g/mol. The van der Waals surface area contributed by atoms with Crippen molar-refractivity contribution in [3.63, 3.8) is 0 Å². The molecule has 3 aromatic carbocycles. The summed E-state index contributed by atoms with van der Waals surface area (Å²) in [6.07, 6.45) is 0. The number of fused-ring (bicyclic) bond motifs is 8. The Morgan fingerprint density at radius 2 is 0.870 bits per heavy atom. The molecule has 0 fully saturated rings. The van der Waals surface area contributed by atoms with Crippen LogP contribution in [0.2, 0.25) is 0 Å². The van der Waals surface area contributed by atoms with E-state index in [0.717, 1.165) is 0 Å². The van der Waals surface area contributed by atoms with E-state index in [1.54, 1.807) is 0 Å². The van der Waals surface area contributed by atoms with Gasteiger partial charge < -0.3 is 0 Å². The van der Waals surface area contributed by atoms with Crippen LogP contribution >= 0.6 is 43.6 Å². The van der Waals surface area contributed by atoms with Crippen molar-refractivity contribution in [2.24, 2.45) is 0 Å². The molecule has 1 heterocycles. The van der Waals surface area contributed by atoms with Crippen LogP contribution in [-0.2, 0) is 8.65 Å². The number of hydrogen-bond acceptors (Lipinski definition) is 1. The molecule has 1 aliphatic heterocycles. The fraction of sp³-hybridized carbons (Fsp3) is 0.100. The fourth-order valence-electron chi connectivity index (χ4n) is 3.85. The summed E-state index contributed by atoms with van der Waals surface area (Å²) in [6, 6.07) is 26.2. The third-order valence-corrected chi connectivity index (χ3v) is 9.46. The first kappa shape index (κ1) is 14.3. The molecule has 0 N–H and O–H groups in total. The van der Waals surface area contributed by atoms with Crippen molar-refractivity contribution in [1.29, 1.82) is 0 Å². The van der Waals surface area contributed by atoms with E-state index in [2.05, 4.69) is 105 Å². The highest BCUT2D eigenvalue weighted by Gasteiger charge is 2.64. The van der Waals surface area contributed by atoms with Gasteiger partial charge in [0, 0.05) is 9.79 Å². The largest absolute Gasteiger partial charge is 0.100 e. The fourth-order valence-corrected chi connectivity index (χ4v) is 7.54. The molecule has 2 unspecified atom stereocenters. The van der Waals surface area contributed by atoms with E-state index in [-0.39, 0.29) is 8.65 Å². The van der Waals surface area contributed by atoms with E-state index in [0.29, 0.717) is 0 Å². The molecule has 0 nitrogen and oxygen atoms in total. The van der Waals surface area contributed by atoms with Crippen LogP contribution in [0.1, 0.15) is 22.3 Å². The summed E-state index contributed by atoms with van der Waals surface area (Å²) >= 11 is 10.2. The molecule has 0 saturated heterocycles. The Hall–Kier alpha value is -1.03. The van der Waals surface area contributed by atoms with Crippen molar-refractivity contribution in [1.82, 2.24) is 0 Å². The highest BCUT2D eigenvalue weighted by molar-refractivity contribution is 9.12. The van der Waals surface area contributed by atoms with Crippen LogP contribution in [0.4, 0.5) is 0 Å². The smallest absolute Gasteiger partial charge is 0.0894 e. The van der Waals surface area contributed by atoms with Crippen molar-refractivity contribution in [3.8, 4) is 0 Å². The van der Waals surface area contributed by atoms with Gasteiger partial charge in [-0.2, -0.15) is 0 Å². The van der Waals surface area contributed by atoms with Gasteiger partial charge >= 0.3 is 0 Å². The standard InChI is InChI=1S/C20H12Br2S/c21-19-13-7-1-2-8-14(13)20(19,22)16-10-4-6-12-18(16)23-17-11-5-3-9-15(17)19/h1-12H. The van der Waals surface area contributed by atoms with Gasteiger partial charge in [-0.15, -0.1) is 0 Å². The van der Waals surface area contributed by atoms with Crippen molar-refractivity contribution in [2.45, 2.75) is 18.4 Å². The maximum absolute atomic E-state index is 4.16. The molecule has 0 amide bonds. The van der Waals surface area contributed by atoms with Crippen LogP contribution < -0.4 is 0 Å². The average Bonchev–Trinajstić information content (AvgIpc) is 2.67. The molecule has 2 aliphatic rings. The van der Waals surface area contributed by atoms with E-state index in [9.17, 15) is 0 Å². The van der Waals surface area contributed by atoms with Crippen LogP contribution in [0.25, 0.3) is 0 Å². The predicted molar refractivity (Wildman–Crippen MR) is 103 cm³/mol. The first-order chi connectivity index (χ1) is 11.2. The molecule has 1 aliphatic carbocycles. The molecule has 2 atom stereocenters. The average molecular weight is 444 g/mol. The summed E-state index contributed by atoms with van der Waals surface area (Å²) in [5.74, 6) is 0. The van der Waals surface area contributed by atoms with Crippen molar-refractivity contribution in [3.05, 3.63) is 95.1 Å². The molecule has 23 heavy (non-hydrogen) atoms. The molecule has 0 bridgehead atoms. The third-order valence-electron chi connectivity index (χ3n) is 4.88. The number of hydrogen-bond donors (Lipinski definition) is 0. The molecule has 3 aromatic rings. The highest BCUT2D eigenvalue weighted by atomic mass is 79.9. The maximum atomic E-state index is 4.16. The second kappa shape index (κ2) is 4.75. The molecule has 0 radical (unpaired) electrons. The van der Waals surface area contributed by atoms with Crippen LogP contribution in [0.15, 0.2) is 82.6 Å². The molecule has 3 heteroatoms. The monoisotopic (exact) mass is 442 g/mol. The van der Waals surface area contributed by atoms with Crippen molar-refractivity contribution >= 4 is 43.6 Å². The van der Waals surface area contributed by atoms with E-state index in [4.69, 9.17) is 0 Å². The van der Waals surface area contributed by atoms with E-state index in [1.165, 1.54) is 32.0 Å². The van der Waals surface area contributed by atoms with Gasteiger partial charge in [0.1, 0.15) is 8.65 Å². The lowest BCUT2D eigenvalue weighted by Gasteiger charge is -2.54. The summed E-state index contributed by atoms with van der Waals surface area (Å²) in [5.41, 5.74) is 5.36. The minimum absolute atomic E-state index is 0.243. The number of rotatable bonds is 0. The highest BCUT2D eigenvalue weighted by Crippen LogP contribution is 2.72. The lowest BCUT2D eigenvalue weighted by atomic mass is 9.62. The zero-order valence-corrected chi connectivity index (χ0v) is 16.1. The Labute approximate surface area is 156 Å². The summed E-state index contributed by atoms with van der Waals surface area (Å²) in [4.78, 5) is 2.63. The van der Waals surface area contributed by atoms with Crippen LogP contribution in [0.3, 0.4) is 0 Å². The van der Waals surface area contributed by atoms with Gasteiger partial charge in [0.2, 0.25) is 0 Å². The number of benzene rings is 3. The maximum Gasteiger partial charge on any atom is 0.100 e. The second-order valence-electron chi connectivity index (χ2n) is 5.96. The molecular formula is C20H12Br2S. The summed E-state index contributed by atoms with van der Waals surface area (Å²) in [6.45, 7) is 0. The van der Waals surface area contributed by atoms with Crippen molar-refractivity contribution < 1.29 is 0 Å². The van der Waals surface area contributed by atoms with E-state index >= 15 is 0 Å². The molecule has 112 valence electrons. The minimum Gasteiger partial charge on any atom is -0.0894 e. The lowest BCUT2D eigenvalue weighted by molar-refractivity contribution is 0.515. The van der Waals surface area contributed by atoms with E-state index in [1.807, 2.05) is 11.8 Å². The topological polar surface area (TPSA) is 0 Å². The van der Waals surface area contributed by atoms with Gasteiger partial charge in [0.05, 0.1) is 0 Å². The summed E-state index contributed by atoms with van der Waals surface area (Å²) < 4.78 is -0.487. The summed E-state index contributed by atoms with van der Waals surface area (Å²) in [5, 5.41) is 0. The zero-order chi connectivity index (χ0) is 15.7. The van der Waals surface area contributed by atoms with Gasteiger partial charge in [0.15, 0.2) is 0 Å². The Morgan fingerprint density at radius 3 is 1.30 bits per heavy atom.